The molecule has 18 heavy (non-hydrogen) atoms. The fourth-order valence-electron chi connectivity index (χ4n) is 2.77. The predicted octanol–water partition coefficient (Wildman–Crippen LogP) is 3.29. The lowest BCUT2D eigenvalue weighted by atomic mass is 9.93. The van der Waals surface area contributed by atoms with E-state index in [0.717, 1.165) is 23.9 Å². The topological polar surface area (TPSA) is 38.5 Å². The Morgan fingerprint density at radius 2 is 2.17 bits per heavy atom. The molecule has 3 heteroatoms. The van der Waals surface area contributed by atoms with Crippen molar-refractivity contribution < 1.29 is 4.74 Å². The molecule has 2 atom stereocenters. The van der Waals surface area contributed by atoms with Crippen LogP contribution in [0.3, 0.4) is 0 Å². The third-order valence-corrected chi connectivity index (χ3v) is 3.77. The van der Waals surface area contributed by atoms with Crippen LogP contribution >= 0.6 is 0 Å². The summed E-state index contributed by atoms with van der Waals surface area (Å²) in [6.45, 7) is 8.39. The molecule has 0 amide bonds. The monoisotopic (exact) mass is 248 g/mol. The third-order valence-electron chi connectivity index (χ3n) is 3.77. The van der Waals surface area contributed by atoms with Gasteiger partial charge in [-0.3, -0.25) is 0 Å². The number of piperidine rings is 1. The highest BCUT2D eigenvalue weighted by atomic mass is 16.5. The summed E-state index contributed by atoms with van der Waals surface area (Å²) in [5, 5.41) is 0. The van der Waals surface area contributed by atoms with Crippen molar-refractivity contribution in [2.24, 2.45) is 5.92 Å². The highest BCUT2D eigenvalue weighted by Gasteiger charge is 2.23. The molecule has 0 aliphatic carbocycles. The summed E-state index contributed by atoms with van der Waals surface area (Å²) < 4.78 is 5.57. The van der Waals surface area contributed by atoms with Crippen LogP contribution in [-0.2, 0) is 0 Å². The van der Waals surface area contributed by atoms with Crippen LogP contribution in [0.25, 0.3) is 0 Å². The first-order chi connectivity index (χ1) is 8.61. The zero-order valence-corrected chi connectivity index (χ0v) is 11.6. The van der Waals surface area contributed by atoms with Gasteiger partial charge in [-0.2, -0.15) is 0 Å². The highest BCUT2D eigenvalue weighted by Crippen LogP contribution is 2.32. The van der Waals surface area contributed by atoms with E-state index in [9.17, 15) is 0 Å². The van der Waals surface area contributed by atoms with Gasteiger partial charge in [0.15, 0.2) is 0 Å². The Hall–Kier alpha value is -1.38. The molecule has 2 rings (SSSR count). The standard InChI is InChI=1S/C15H24N2O/c1-4-18-15-10-13(5-6-14(15)16)17-8-7-11(2)9-12(17)3/h5-6,10-12H,4,7-9,16H2,1-3H3. The molecule has 100 valence electrons. The van der Waals surface area contributed by atoms with Crippen LogP contribution in [0, 0.1) is 5.92 Å². The van der Waals surface area contributed by atoms with Crippen LogP contribution in [0.1, 0.15) is 33.6 Å². The molecule has 1 aromatic carbocycles. The molecular formula is C15H24N2O. The first-order valence-corrected chi connectivity index (χ1v) is 6.90. The summed E-state index contributed by atoms with van der Waals surface area (Å²) in [7, 11) is 0. The van der Waals surface area contributed by atoms with E-state index in [2.05, 4.69) is 30.9 Å². The Bertz CT molecular complexity index is 405. The van der Waals surface area contributed by atoms with Gasteiger partial charge in [-0.25, -0.2) is 0 Å². The summed E-state index contributed by atoms with van der Waals surface area (Å²) in [5.41, 5.74) is 7.87. The molecule has 1 heterocycles. The van der Waals surface area contributed by atoms with Gasteiger partial charge < -0.3 is 15.4 Å². The number of anilines is 2. The summed E-state index contributed by atoms with van der Waals surface area (Å²) in [6, 6.07) is 6.72. The normalized spacial score (nSPS) is 24.1. The van der Waals surface area contributed by atoms with Gasteiger partial charge >= 0.3 is 0 Å². The molecule has 1 fully saturated rings. The number of hydrogen-bond acceptors (Lipinski definition) is 3. The fourth-order valence-corrected chi connectivity index (χ4v) is 2.77. The molecule has 1 aromatic rings. The molecule has 0 radical (unpaired) electrons. The van der Waals surface area contributed by atoms with Crippen molar-refractivity contribution in [3.05, 3.63) is 18.2 Å². The quantitative estimate of drug-likeness (QED) is 0.834. The molecule has 1 aliphatic heterocycles. The smallest absolute Gasteiger partial charge is 0.144 e. The maximum absolute atomic E-state index is 5.92. The van der Waals surface area contributed by atoms with E-state index in [-0.39, 0.29) is 0 Å². The van der Waals surface area contributed by atoms with Crippen LogP contribution in [0.15, 0.2) is 18.2 Å². The maximum Gasteiger partial charge on any atom is 0.144 e. The second-order valence-corrected chi connectivity index (χ2v) is 5.33. The van der Waals surface area contributed by atoms with Gasteiger partial charge in [-0.15, -0.1) is 0 Å². The van der Waals surface area contributed by atoms with E-state index in [0.29, 0.717) is 12.6 Å². The van der Waals surface area contributed by atoms with Crippen molar-refractivity contribution in [3.63, 3.8) is 0 Å². The van der Waals surface area contributed by atoms with Crippen molar-refractivity contribution >= 4 is 11.4 Å². The molecule has 2 N–H and O–H groups in total. The van der Waals surface area contributed by atoms with Crippen LogP contribution < -0.4 is 15.4 Å². The van der Waals surface area contributed by atoms with Crippen LogP contribution in [0.2, 0.25) is 0 Å². The number of rotatable bonds is 3. The van der Waals surface area contributed by atoms with Gasteiger partial charge in [-0.1, -0.05) is 6.92 Å². The minimum Gasteiger partial charge on any atom is -0.492 e. The van der Waals surface area contributed by atoms with Crippen molar-refractivity contribution in [1.82, 2.24) is 0 Å². The molecular weight excluding hydrogens is 224 g/mol. The van der Waals surface area contributed by atoms with Crippen molar-refractivity contribution in [3.8, 4) is 5.75 Å². The Balaban J connectivity index is 2.20. The Labute approximate surface area is 110 Å². The number of hydrogen-bond donors (Lipinski definition) is 1. The SMILES string of the molecule is CCOc1cc(N2CCC(C)CC2C)ccc1N. The molecule has 3 nitrogen and oxygen atoms in total. The van der Waals surface area contributed by atoms with Gasteiger partial charge in [0.1, 0.15) is 5.75 Å². The molecule has 1 aliphatic rings. The summed E-state index contributed by atoms with van der Waals surface area (Å²) in [5.74, 6) is 1.64. The van der Waals surface area contributed by atoms with Gasteiger partial charge in [0, 0.05) is 24.3 Å². The van der Waals surface area contributed by atoms with E-state index in [1.54, 1.807) is 0 Å². The Morgan fingerprint density at radius 3 is 2.83 bits per heavy atom. The van der Waals surface area contributed by atoms with E-state index >= 15 is 0 Å². The largest absolute Gasteiger partial charge is 0.492 e. The number of benzene rings is 1. The summed E-state index contributed by atoms with van der Waals surface area (Å²) in [4.78, 5) is 2.46. The number of nitrogens with two attached hydrogens (primary N) is 1. The first kappa shape index (κ1) is 13.1. The molecule has 2 unspecified atom stereocenters. The second kappa shape index (κ2) is 5.51. The van der Waals surface area contributed by atoms with Crippen molar-refractivity contribution in [1.29, 1.82) is 0 Å². The Morgan fingerprint density at radius 1 is 1.39 bits per heavy atom. The molecule has 0 spiro atoms. The zero-order chi connectivity index (χ0) is 13.1. The first-order valence-electron chi connectivity index (χ1n) is 6.90. The average molecular weight is 248 g/mol. The molecule has 0 aromatic heterocycles. The number of nitrogens with zero attached hydrogens (tertiary/aromatic N) is 1. The van der Waals surface area contributed by atoms with Crippen molar-refractivity contribution in [2.75, 3.05) is 23.8 Å². The number of ether oxygens (including phenoxy) is 1. The zero-order valence-electron chi connectivity index (χ0n) is 11.6. The minimum absolute atomic E-state index is 0.590. The van der Waals surface area contributed by atoms with Gasteiger partial charge in [0.25, 0.3) is 0 Å². The maximum atomic E-state index is 5.92. The number of nitrogen functional groups attached to an aromatic ring is 1. The van der Waals surface area contributed by atoms with E-state index in [1.165, 1.54) is 18.5 Å². The van der Waals surface area contributed by atoms with Crippen molar-refractivity contribution in [2.45, 2.75) is 39.7 Å². The Kier molecular flexibility index (Phi) is 4.00. The van der Waals surface area contributed by atoms with Gasteiger partial charge in [0.05, 0.1) is 12.3 Å². The molecule has 0 saturated carbocycles. The highest BCUT2D eigenvalue weighted by molar-refractivity contribution is 5.62. The van der Waals surface area contributed by atoms with E-state index < -0.39 is 0 Å². The second-order valence-electron chi connectivity index (χ2n) is 5.33. The minimum atomic E-state index is 0.590. The lowest BCUT2D eigenvalue weighted by molar-refractivity contribution is 0.341. The molecule has 1 saturated heterocycles. The summed E-state index contributed by atoms with van der Waals surface area (Å²) >= 11 is 0. The third kappa shape index (κ3) is 2.71. The van der Waals surface area contributed by atoms with E-state index in [4.69, 9.17) is 10.5 Å². The molecule has 0 bridgehead atoms. The lowest BCUT2D eigenvalue weighted by Gasteiger charge is -2.38. The van der Waals surface area contributed by atoms with Crippen LogP contribution in [-0.4, -0.2) is 19.2 Å². The predicted molar refractivity (Wildman–Crippen MR) is 77.2 cm³/mol. The average Bonchev–Trinajstić information content (AvgIpc) is 2.33. The van der Waals surface area contributed by atoms with Gasteiger partial charge in [0.2, 0.25) is 0 Å². The van der Waals surface area contributed by atoms with Gasteiger partial charge in [-0.05, 0) is 44.7 Å². The summed E-state index contributed by atoms with van der Waals surface area (Å²) in [6.07, 6.45) is 2.52. The van der Waals surface area contributed by atoms with Crippen LogP contribution in [0.4, 0.5) is 11.4 Å². The lowest BCUT2D eigenvalue weighted by Crippen LogP contribution is -2.40. The fraction of sp³-hybridized carbons (Fsp3) is 0.600. The van der Waals surface area contributed by atoms with Crippen LogP contribution in [0.5, 0.6) is 5.75 Å². The van der Waals surface area contributed by atoms with E-state index in [1.807, 2.05) is 13.0 Å².